The van der Waals surface area contributed by atoms with E-state index in [9.17, 15) is 4.79 Å². The summed E-state index contributed by atoms with van der Waals surface area (Å²) in [6.45, 7) is 7.67. The van der Waals surface area contributed by atoms with Crippen molar-refractivity contribution in [3.8, 4) is 0 Å². The van der Waals surface area contributed by atoms with Crippen LogP contribution in [0.25, 0.3) is 0 Å². The van der Waals surface area contributed by atoms with E-state index in [1.165, 1.54) is 0 Å². The summed E-state index contributed by atoms with van der Waals surface area (Å²) in [6, 6.07) is 0. The fourth-order valence-corrected chi connectivity index (χ4v) is 2.26. The van der Waals surface area contributed by atoms with Crippen LogP contribution in [-0.2, 0) is 4.79 Å². The highest BCUT2D eigenvalue weighted by atomic mass is 79.9. The molecule has 3 aliphatic rings. The Morgan fingerprint density at radius 2 is 2.08 bits per heavy atom. The molecule has 0 aromatic rings. The first-order chi connectivity index (χ1) is 6.09. The highest BCUT2D eigenvalue weighted by molar-refractivity contribution is 9.11. The van der Waals surface area contributed by atoms with E-state index in [4.69, 9.17) is 0 Å². The summed E-state index contributed by atoms with van der Waals surface area (Å²) in [7, 11) is 0. The number of allylic oxidation sites excluding steroid dienone is 4. The molecule has 0 spiro atoms. The Labute approximate surface area is 86.3 Å². The molecule has 0 unspecified atom stereocenters. The topological polar surface area (TPSA) is 17.1 Å². The second-order valence-corrected chi connectivity index (χ2v) is 4.78. The summed E-state index contributed by atoms with van der Waals surface area (Å²) in [4.78, 5) is 11.7. The maximum absolute atomic E-state index is 11.7. The molecule has 0 aromatic heterocycles. The Kier molecular flexibility index (Phi) is 2.03. The van der Waals surface area contributed by atoms with Crippen LogP contribution >= 0.6 is 15.9 Å². The van der Waals surface area contributed by atoms with Crippen LogP contribution in [0.4, 0.5) is 0 Å². The van der Waals surface area contributed by atoms with Crippen LogP contribution < -0.4 is 0 Å². The van der Waals surface area contributed by atoms with Gasteiger partial charge in [0.15, 0.2) is 5.78 Å². The molecule has 1 nitrogen and oxygen atoms in total. The fourth-order valence-electron chi connectivity index (χ4n) is 2.03. The highest BCUT2D eigenvalue weighted by Gasteiger charge is 2.44. The van der Waals surface area contributed by atoms with Gasteiger partial charge in [0.2, 0.25) is 0 Å². The fraction of sp³-hybridized carbons (Fsp3) is 0.364. The van der Waals surface area contributed by atoms with Gasteiger partial charge in [0, 0.05) is 16.0 Å². The Morgan fingerprint density at radius 1 is 1.46 bits per heavy atom. The lowest BCUT2D eigenvalue weighted by atomic mass is 9.60. The number of rotatable bonds is 1. The zero-order chi connectivity index (χ0) is 9.59. The van der Waals surface area contributed by atoms with E-state index < -0.39 is 0 Å². The third-order valence-corrected chi connectivity index (χ3v) is 3.14. The van der Waals surface area contributed by atoms with Crippen molar-refractivity contribution in [2.24, 2.45) is 11.8 Å². The van der Waals surface area contributed by atoms with Crippen LogP contribution in [0.3, 0.4) is 0 Å². The molecule has 0 aliphatic heterocycles. The molecule has 3 aliphatic carbocycles. The van der Waals surface area contributed by atoms with Gasteiger partial charge < -0.3 is 0 Å². The minimum absolute atomic E-state index is 0.258. The Balaban J connectivity index is 2.33. The van der Waals surface area contributed by atoms with Crippen LogP contribution in [0.1, 0.15) is 12.8 Å². The number of fused-ring (bicyclic) bond motifs is 2. The van der Waals surface area contributed by atoms with Crippen LogP contribution in [0.15, 0.2) is 34.9 Å². The summed E-state index contributed by atoms with van der Waals surface area (Å²) in [5.74, 6) is 1.09. The molecule has 0 radical (unpaired) electrons. The summed E-state index contributed by atoms with van der Waals surface area (Å²) in [5.41, 5.74) is 1.79. The minimum atomic E-state index is 0.258. The molecule has 2 bridgehead atoms. The summed E-state index contributed by atoms with van der Waals surface area (Å²) in [5, 5.41) is 0. The average molecular weight is 239 g/mol. The van der Waals surface area contributed by atoms with E-state index in [-0.39, 0.29) is 11.7 Å². The lowest BCUT2D eigenvalue weighted by Crippen LogP contribution is -2.39. The molecule has 0 heterocycles. The Bertz CT molecular complexity index is 310. The molecule has 0 aromatic carbocycles. The predicted octanol–water partition coefficient (Wildman–Crippen LogP) is 2.99. The summed E-state index contributed by atoms with van der Waals surface area (Å²) < 4.78 is 0.748. The van der Waals surface area contributed by atoms with Gasteiger partial charge in [-0.05, 0) is 30.4 Å². The van der Waals surface area contributed by atoms with E-state index >= 15 is 0 Å². The van der Waals surface area contributed by atoms with E-state index in [1.807, 2.05) is 0 Å². The highest BCUT2D eigenvalue weighted by Crippen LogP contribution is 2.48. The van der Waals surface area contributed by atoms with Gasteiger partial charge >= 0.3 is 0 Å². The predicted molar refractivity (Wildman–Crippen MR) is 56.5 cm³/mol. The third kappa shape index (κ3) is 1.33. The molecule has 3 rings (SSSR count). The SMILES string of the molecule is C=C(Br)/C=C1\C(=C)C2CC(C2)C1=O. The van der Waals surface area contributed by atoms with E-state index in [0.29, 0.717) is 5.92 Å². The van der Waals surface area contributed by atoms with E-state index in [2.05, 4.69) is 29.1 Å². The largest absolute Gasteiger partial charge is 0.294 e. The van der Waals surface area contributed by atoms with Crippen molar-refractivity contribution < 1.29 is 4.79 Å². The number of carbonyl (C=O) groups excluding carboxylic acids is 1. The first-order valence-corrected chi connectivity index (χ1v) is 5.18. The smallest absolute Gasteiger partial charge is 0.166 e. The lowest BCUT2D eigenvalue weighted by molar-refractivity contribution is -0.124. The van der Waals surface area contributed by atoms with Crippen LogP contribution in [0.2, 0.25) is 0 Å². The maximum Gasteiger partial charge on any atom is 0.166 e. The zero-order valence-corrected chi connectivity index (χ0v) is 8.93. The molecule has 0 atom stereocenters. The van der Waals surface area contributed by atoms with Gasteiger partial charge in [0.1, 0.15) is 0 Å². The summed E-state index contributed by atoms with van der Waals surface area (Å²) in [6.07, 6.45) is 3.83. The van der Waals surface area contributed by atoms with E-state index in [0.717, 1.165) is 28.5 Å². The molecule has 0 saturated heterocycles. The molecule has 0 N–H and O–H groups in total. The first kappa shape index (κ1) is 8.95. The molecular formula is C11H11BrO. The molecule has 13 heavy (non-hydrogen) atoms. The van der Waals surface area contributed by atoms with Gasteiger partial charge in [0.05, 0.1) is 0 Å². The number of hydrogen-bond donors (Lipinski definition) is 0. The molecule has 0 amide bonds. The Morgan fingerprint density at radius 3 is 2.54 bits per heavy atom. The first-order valence-electron chi connectivity index (χ1n) is 4.39. The van der Waals surface area contributed by atoms with Crippen LogP contribution in [-0.4, -0.2) is 5.78 Å². The standard InChI is InChI=1S/C11H11BrO/c1-6(12)3-10-7(2)8-4-9(5-8)11(10)13/h3,8-9H,1-2,4-5H2/b10-3+. The van der Waals surface area contributed by atoms with Gasteiger partial charge in [-0.3, -0.25) is 4.79 Å². The number of Topliss-reactive ketones (excluding diaryl/α,β-unsaturated/α-hetero) is 1. The maximum atomic E-state index is 11.7. The zero-order valence-electron chi connectivity index (χ0n) is 7.35. The molecule has 2 heteroatoms. The van der Waals surface area contributed by atoms with Gasteiger partial charge in [-0.15, -0.1) is 0 Å². The average Bonchev–Trinajstić information content (AvgIpc) is 1.93. The van der Waals surface area contributed by atoms with Crippen molar-refractivity contribution in [2.45, 2.75) is 12.8 Å². The number of ketones is 1. The number of carbonyl (C=O) groups is 1. The van der Waals surface area contributed by atoms with Crippen molar-refractivity contribution in [3.63, 3.8) is 0 Å². The minimum Gasteiger partial charge on any atom is -0.294 e. The van der Waals surface area contributed by atoms with Gasteiger partial charge in [-0.2, -0.15) is 0 Å². The normalized spacial score (nSPS) is 34.7. The molecule has 3 fully saturated rings. The van der Waals surface area contributed by atoms with E-state index in [1.54, 1.807) is 6.08 Å². The molecule has 68 valence electrons. The van der Waals surface area contributed by atoms with Crippen molar-refractivity contribution >= 4 is 21.7 Å². The quantitative estimate of drug-likeness (QED) is 0.643. The Hall–Kier alpha value is -0.630. The molecular weight excluding hydrogens is 228 g/mol. The molecule has 3 saturated carbocycles. The van der Waals surface area contributed by atoms with Crippen molar-refractivity contribution in [1.82, 2.24) is 0 Å². The number of halogens is 1. The van der Waals surface area contributed by atoms with Crippen LogP contribution in [0, 0.1) is 11.8 Å². The summed E-state index contributed by atoms with van der Waals surface area (Å²) >= 11 is 3.24. The monoisotopic (exact) mass is 238 g/mol. The number of hydrogen-bond acceptors (Lipinski definition) is 1. The van der Waals surface area contributed by atoms with Crippen LogP contribution in [0.5, 0.6) is 0 Å². The van der Waals surface area contributed by atoms with Crippen molar-refractivity contribution in [3.05, 3.63) is 34.9 Å². The van der Waals surface area contributed by atoms with Gasteiger partial charge in [-0.25, -0.2) is 0 Å². The van der Waals surface area contributed by atoms with Gasteiger partial charge in [0.25, 0.3) is 0 Å². The second kappa shape index (κ2) is 2.95. The van der Waals surface area contributed by atoms with Crippen molar-refractivity contribution in [2.75, 3.05) is 0 Å². The van der Waals surface area contributed by atoms with Crippen molar-refractivity contribution in [1.29, 1.82) is 0 Å². The second-order valence-electron chi connectivity index (χ2n) is 3.76. The lowest BCUT2D eigenvalue weighted by Gasteiger charge is -2.42. The third-order valence-electron chi connectivity index (χ3n) is 2.91. The van der Waals surface area contributed by atoms with Gasteiger partial charge in [-0.1, -0.05) is 29.1 Å².